The lowest BCUT2D eigenvalue weighted by Gasteiger charge is -2.16. The van der Waals surface area contributed by atoms with Crippen LogP contribution in [0.5, 0.6) is 0 Å². The van der Waals surface area contributed by atoms with Crippen molar-refractivity contribution in [2.45, 2.75) is 6.04 Å². The summed E-state index contributed by atoms with van der Waals surface area (Å²) in [6.07, 6.45) is 1.44. The number of esters is 1. The van der Waals surface area contributed by atoms with Gasteiger partial charge in [-0.15, -0.1) is 0 Å². The van der Waals surface area contributed by atoms with Gasteiger partial charge in [0.15, 0.2) is 0 Å². The van der Waals surface area contributed by atoms with Gasteiger partial charge in [0.2, 0.25) is 5.91 Å². The lowest BCUT2D eigenvalue weighted by molar-refractivity contribution is -0.143. The van der Waals surface area contributed by atoms with Gasteiger partial charge in [0.25, 0.3) is 0 Å². The molecule has 2 N–H and O–H groups in total. The largest absolute Gasteiger partial charge is 0.468 e. The van der Waals surface area contributed by atoms with E-state index in [-0.39, 0.29) is 12.5 Å². The van der Waals surface area contributed by atoms with E-state index in [1.54, 1.807) is 24.3 Å². The van der Waals surface area contributed by atoms with Gasteiger partial charge in [-0.2, -0.15) is 0 Å². The standard InChI is InChI=1S/C16H16ClN3O3/c1-23-16(22)15(11-5-3-2-4-6-11)19-10-14(21)20-13-8-7-12(17)9-18-13/h2-9,15,19H,10H2,1H3,(H,18,20,21)/t15-/m1/s1. The Balaban J connectivity index is 1.96. The van der Waals surface area contributed by atoms with E-state index in [2.05, 4.69) is 15.6 Å². The fourth-order valence-corrected chi connectivity index (χ4v) is 2.04. The number of methoxy groups -OCH3 is 1. The number of carbonyl (C=O) groups is 2. The van der Waals surface area contributed by atoms with Crippen LogP contribution in [0.1, 0.15) is 11.6 Å². The van der Waals surface area contributed by atoms with Gasteiger partial charge in [-0.25, -0.2) is 9.78 Å². The summed E-state index contributed by atoms with van der Waals surface area (Å²) in [5.74, 6) is -0.409. The Bertz CT molecular complexity index is 662. The second-order valence-corrected chi connectivity index (χ2v) is 5.09. The Hall–Kier alpha value is -2.44. The molecule has 0 aliphatic heterocycles. The van der Waals surface area contributed by atoms with Crippen LogP contribution in [0.4, 0.5) is 5.82 Å². The van der Waals surface area contributed by atoms with E-state index >= 15 is 0 Å². The van der Waals surface area contributed by atoms with Crippen LogP contribution in [0.25, 0.3) is 0 Å². The van der Waals surface area contributed by atoms with Gasteiger partial charge in [-0.05, 0) is 17.7 Å². The molecule has 0 aliphatic rings. The van der Waals surface area contributed by atoms with E-state index in [1.165, 1.54) is 13.3 Å². The van der Waals surface area contributed by atoms with Gasteiger partial charge in [-0.3, -0.25) is 10.1 Å². The summed E-state index contributed by atoms with van der Waals surface area (Å²) >= 11 is 5.73. The molecule has 6 nitrogen and oxygen atoms in total. The lowest BCUT2D eigenvalue weighted by atomic mass is 10.1. The van der Waals surface area contributed by atoms with Crippen molar-refractivity contribution in [3.8, 4) is 0 Å². The number of benzene rings is 1. The number of nitrogens with one attached hydrogen (secondary N) is 2. The molecule has 2 rings (SSSR count). The molecule has 7 heteroatoms. The Kier molecular flexibility index (Phi) is 6.08. The Morgan fingerprint density at radius 1 is 1.22 bits per heavy atom. The molecule has 1 heterocycles. The number of hydrogen-bond acceptors (Lipinski definition) is 5. The minimum absolute atomic E-state index is 0.0705. The van der Waals surface area contributed by atoms with Crippen molar-refractivity contribution in [3.63, 3.8) is 0 Å². The molecule has 1 atom stereocenters. The normalized spacial score (nSPS) is 11.6. The molecule has 2 aromatic rings. The van der Waals surface area contributed by atoms with Crippen molar-refractivity contribution in [2.75, 3.05) is 19.0 Å². The summed E-state index contributed by atoms with van der Waals surface area (Å²) in [6.45, 7) is -0.0705. The van der Waals surface area contributed by atoms with E-state index in [0.717, 1.165) is 5.56 Å². The van der Waals surface area contributed by atoms with Crippen LogP contribution in [0.3, 0.4) is 0 Å². The van der Waals surface area contributed by atoms with Crippen molar-refractivity contribution in [1.29, 1.82) is 0 Å². The molecule has 1 amide bonds. The minimum atomic E-state index is -0.717. The number of hydrogen-bond donors (Lipinski definition) is 2. The molecule has 0 aliphatic carbocycles. The smallest absolute Gasteiger partial charge is 0.327 e. The minimum Gasteiger partial charge on any atom is -0.468 e. The first-order chi connectivity index (χ1) is 11.1. The molecule has 0 saturated heterocycles. The number of aromatic nitrogens is 1. The third-order valence-electron chi connectivity index (χ3n) is 3.03. The van der Waals surface area contributed by atoms with Crippen LogP contribution in [-0.4, -0.2) is 30.5 Å². The predicted molar refractivity (Wildman–Crippen MR) is 87.1 cm³/mol. The summed E-state index contributed by atoms with van der Waals surface area (Å²) < 4.78 is 4.77. The molecular formula is C16H16ClN3O3. The van der Waals surface area contributed by atoms with Crippen LogP contribution in [0.2, 0.25) is 5.02 Å². The van der Waals surface area contributed by atoms with Crippen LogP contribution in [0.15, 0.2) is 48.7 Å². The first-order valence-electron chi connectivity index (χ1n) is 6.87. The van der Waals surface area contributed by atoms with E-state index in [9.17, 15) is 9.59 Å². The van der Waals surface area contributed by atoms with E-state index in [0.29, 0.717) is 10.8 Å². The van der Waals surface area contributed by atoms with Gasteiger partial charge in [-0.1, -0.05) is 41.9 Å². The molecule has 1 aromatic carbocycles. The highest BCUT2D eigenvalue weighted by atomic mass is 35.5. The number of halogens is 1. The van der Waals surface area contributed by atoms with Gasteiger partial charge in [0.1, 0.15) is 11.9 Å². The predicted octanol–water partition coefficient (Wildman–Crippen LogP) is 2.18. The highest BCUT2D eigenvalue weighted by molar-refractivity contribution is 6.30. The molecule has 0 saturated carbocycles. The first-order valence-corrected chi connectivity index (χ1v) is 7.25. The van der Waals surface area contributed by atoms with Crippen LogP contribution < -0.4 is 10.6 Å². The molecule has 23 heavy (non-hydrogen) atoms. The van der Waals surface area contributed by atoms with Crippen LogP contribution in [-0.2, 0) is 14.3 Å². The van der Waals surface area contributed by atoms with Crippen LogP contribution in [0, 0.1) is 0 Å². The molecule has 120 valence electrons. The number of anilines is 1. The molecule has 0 fully saturated rings. The van der Waals surface area contributed by atoms with Gasteiger partial charge in [0, 0.05) is 6.20 Å². The van der Waals surface area contributed by atoms with Gasteiger partial charge in [0.05, 0.1) is 18.7 Å². The summed E-state index contributed by atoms with van der Waals surface area (Å²) in [4.78, 5) is 27.8. The summed E-state index contributed by atoms with van der Waals surface area (Å²) in [5, 5.41) is 5.97. The highest BCUT2D eigenvalue weighted by Gasteiger charge is 2.21. The first kappa shape index (κ1) is 16.9. The number of carbonyl (C=O) groups excluding carboxylic acids is 2. The van der Waals surface area contributed by atoms with E-state index in [4.69, 9.17) is 16.3 Å². The average Bonchev–Trinajstić information content (AvgIpc) is 2.58. The van der Waals surface area contributed by atoms with Crippen molar-refractivity contribution in [2.24, 2.45) is 0 Å². The van der Waals surface area contributed by atoms with Crippen LogP contribution >= 0.6 is 11.6 Å². The van der Waals surface area contributed by atoms with Gasteiger partial charge >= 0.3 is 5.97 Å². The molecule has 0 bridgehead atoms. The number of ether oxygens (including phenoxy) is 1. The fraction of sp³-hybridized carbons (Fsp3) is 0.188. The van der Waals surface area contributed by atoms with Crippen molar-refractivity contribution in [3.05, 3.63) is 59.2 Å². The number of pyridine rings is 1. The molecule has 0 unspecified atom stereocenters. The highest BCUT2D eigenvalue weighted by Crippen LogP contribution is 2.14. The third kappa shape index (κ3) is 5.05. The van der Waals surface area contributed by atoms with Gasteiger partial charge < -0.3 is 10.1 Å². The third-order valence-corrected chi connectivity index (χ3v) is 3.25. The number of amides is 1. The maximum atomic E-state index is 11.9. The zero-order chi connectivity index (χ0) is 16.7. The summed E-state index contributed by atoms with van der Waals surface area (Å²) in [5.41, 5.74) is 0.719. The zero-order valence-corrected chi connectivity index (χ0v) is 13.2. The maximum Gasteiger partial charge on any atom is 0.327 e. The van der Waals surface area contributed by atoms with Crippen molar-refractivity contribution >= 4 is 29.3 Å². The number of rotatable bonds is 6. The Labute approximate surface area is 138 Å². The van der Waals surface area contributed by atoms with Crippen molar-refractivity contribution < 1.29 is 14.3 Å². The molecule has 0 radical (unpaired) electrons. The number of nitrogens with zero attached hydrogens (tertiary/aromatic N) is 1. The lowest BCUT2D eigenvalue weighted by Crippen LogP contribution is -2.35. The maximum absolute atomic E-state index is 11.9. The molecular weight excluding hydrogens is 318 g/mol. The summed E-state index contributed by atoms with van der Waals surface area (Å²) in [7, 11) is 1.30. The molecule has 1 aromatic heterocycles. The second-order valence-electron chi connectivity index (χ2n) is 4.66. The monoisotopic (exact) mass is 333 g/mol. The topological polar surface area (TPSA) is 80.3 Å². The second kappa shape index (κ2) is 8.26. The Morgan fingerprint density at radius 2 is 1.96 bits per heavy atom. The molecule has 0 spiro atoms. The van der Waals surface area contributed by atoms with E-state index < -0.39 is 12.0 Å². The average molecular weight is 334 g/mol. The van der Waals surface area contributed by atoms with Crippen molar-refractivity contribution in [1.82, 2.24) is 10.3 Å². The SMILES string of the molecule is COC(=O)[C@H](NCC(=O)Nc1ccc(Cl)cn1)c1ccccc1. The zero-order valence-electron chi connectivity index (χ0n) is 12.5. The quantitative estimate of drug-likeness (QED) is 0.792. The van der Waals surface area contributed by atoms with E-state index in [1.807, 2.05) is 18.2 Å². The summed E-state index contributed by atoms with van der Waals surface area (Å²) in [6, 6.07) is 11.5. The fourth-order valence-electron chi connectivity index (χ4n) is 1.93. The Morgan fingerprint density at radius 3 is 2.57 bits per heavy atom.